The average Bonchev–Trinajstić information content (AvgIpc) is 3.00. The van der Waals surface area contributed by atoms with Gasteiger partial charge in [0, 0.05) is 24.0 Å². The number of aromatic nitrogens is 2. The van der Waals surface area contributed by atoms with Crippen LogP contribution in [0.2, 0.25) is 11.1 Å². The number of hydrogen-bond acceptors (Lipinski definition) is 2. The van der Waals surface area contributed by atoms with Gasteiger partial charge in [0.05, 0.1) is 6.33 Å². The van der Waals surface area contributed by atoms with Gasteiger partial charge in [-0.1, -0.05) is 23.7 Å². The van der Waals surface area contributed by atoms with Gasteiger partial charge >= 0.3 is 0 Å². The van der Waals surface area contributed by atoms with E-state index >= 15 is 0 Å². The third kappa shape index (κ3) is 2.57. The molecule has 2 aromatic rings. The van der Waals surface area contributed by atoms with Crippen LogP contribution >= 0.6 is 11.6 Å². The van der Waals surface area contributed by atoms with E-state index in [2.05, 4.69) is 4.98 Å². The van der Waals surface area contributed by atoms with Crippen LogP contribution in [0.1, 0.15) is 16.7 Å². The van der Waals surface area contributed by atoms with Crippen LogP contribution < -0.4 is 0 Å². The zero-order valence-corrected chi connectivity index (χ0v) is 12.1. The van der Waals surface area contributed by atoms with E-state index in [0.717, 1.165) is 23.7 Å². The van der Waals surface area contributed by atoms with Crippen molar-refractivity contribution in [2.45, 2.75) is 18.1 Å². The molecule has 0 radical (unpaired) electrons. The summed E-state index contributed by atoms with van der Waals surface area (Å²) >= 11 is 6.28. The van der Waals surface area contributed by atoms with E-state index in [-0.39, 0.29) is 5.54 Å². The molecule has 1 aliphatic rings. The van der Waals surface area contributed by atoms with Gasteiger partial charge in [-0.2, -0.15) is 0 Å². The monoisotopic (exact) mass is 292 g/mol. The zero-order valence-electron chi connectivity index (χ0n) is 10.2. The fraction of sp³-hybridized carbons (Fsp3) is 0.231. The summed E-state index contributed by atoms with van der Waals surface area (Å²) in [6, 6.07) is 6.76. The Bertz CT molecular complexity index is 615. The summed E-state index contributed by atoms with van der Waals surface area (Å²) in [7, 11) is -1.62. The summed E-state index contributed by atoms with van der Waals surface area (Å²) in [5, 5.41) is 9.70. The number of rotatable bonds is 4. The first kappa shape index (κ1) is 12.4. The minimum atomic E-state index is -1.62. The van der Waals surface area contributed by atoms with Gasteiger partial charge in [0.25, 0.3) is 5.59 Å². The Morgan fingerprint density at radius 2 is 2.42 bits per heavy atom. The highest BCUT2D eigenvalue weighted by Gasteiger charge is 2.47. The molecule has 1 N–H and O–H groups in total. The van der Waals surface area contributed by atoms with Crippen LogP contribution in [0, 0.1) is 0 Å². The summed E-state index contributed by atoms with van der Waals surface area (Å²) in [6.07, 6.45) is 5.40. The Morgan fingerprint density at radius 3 is 3.00 bits per heavy atom. The van der Waals surface area contributed by atoms with Gasteiger partial charge in [0.15, 0.2) is 8.80 Å². The minimum Gasteiger partial charge on any atom is -0.486 e. The van der Waals surface area contributed by atoms with Crippen LogP contribution in [0.25, 0.3) is 0 Å². The summed E-state index contributed by atoms with van der Waals surface area (Å²) in [5.41, 5.74) is 1.73. The van der Waals surface area contributed by atoms with E-state index in [4.69, 9.17) is 16.7 Å². The molecule has 2 atom stereocenters. The second-order valence-electron chi connectivity index (χ2n) is 4.88. The molecule has 3 rings (SSSR count). The standard InChI is InChI=1S/C13H13ClN2O2Si/c14-11-5-9(6-16-4-3-15-8-16)1-2-10(11)12-7-19(12)13(17)18/h1-5,8,12,19H,6-7H2,(H,17,18)/t12-,19+/m1/s1. The first-order chi connectivity index (χ1) is 9.15. The number of carbonyl (C=O) groups is 1. The van der Waals surface area contributed by atoms with Gasteiger partial charge in [0.2, 0.25) is 0 Å². The van der Waals surface area contributed by atoms with E-state index in [9.17, 15) is 4.79 Å². The molecule has 0 bridgehead atoms. The molecule has 1 fully saturated rings. The number of hydrogen-bond donors (Lipinski definition) is 1. The van der Waals surface area contributed by atoms with Gasteiger partial charge in [-0.05, 0) is 28.8 Å². The highest BCUT2D eigenvalue weighted by Crippen LogP contribution is 2.43. The van der Waals surface area contributed by atoms with Gasteiger partial charge in [-0.3, -0.25) is 4.79 Å². The van der Waals surface area contributed by atoms with Crippen molar-refractivity contribution in [2.75, 3.05) is 0 Å². The molecule has 98 valence electrons. The maximum atomic E-state index is 10.9. The molecular formula is C13H13ClN2O2Si. The first-order valence-corrected chi connectivity index (χ1v) is 8.56. The highest BCUT2D eigenvalue weighted by atomic mass is 35.5. The maximum Gasteiger partial charge on any atom is 0.266 e. The normalized spacial score (nSPS) is 21.3. The van der Waals surface area contributed by atoms with Crippen LogP contribution in [-0.4, -0.2) is 29.0 Å². The Labute approximate surface area is 117 Å². The SMILES string of the molecule is O=C(O)[Si@H]1C[C@@H]1c1ccc(Cn2ccnc2)cc1Cl. The maximum absolute atomic E-state index is 10.9. The Kier molecular flexibility index (Phi) is 3.16. The Balaban J connectivity index is 1.77. The topological polar surface area (TPSA) is 55.1 Å². The fourth-order valence-corrected chi connectivity index (χ4v) is 5.14. The minimum absolute atomic E-state index is 0.215. The van der Waals surface area contributed by atoms with Crippen molar-refractivity contribution in [3.8, 4) is 0 Å². The van der Waals surface area contributed by atoms with Crippen molar-refractivity contribution in [3.05, 3.63) is 53.1 Å². The van der Waals surface area contributed by atoms with E-state index in [1.807, 2.05) is 29.0 Å². The molecule has 2 heterocycles. The molecule has 0 spiro atoms. The van der Waals surface area contributed by atoms with Crippen molar-refractivity contribution in [2.24, 2.45) is 0 Å². The van der Waals surface area contributed by atoms with Gasteiger partial charge in [0.1, 0.15) is 0 Å². The van der Waals surface area contributed by atoms with Crippen molar-refractivity contribution >= 4 is 26.0 Å². The molecule has 0 unspecified atom stereocenters. The second-order valence-corrected chi connectivity index (χ2v) is 8.27. The summed E-state index contributed by atoms with van der Waals surface area (Å²) in [4.78, 5) is 14.9. The predicted molar refractivity (Wildman–Crippen MR) is 75.5 cm³/mol. The molecule has 1 aliphatic heterocycles. The largest absolute Gasteiger partial charge is 0.486 e. The molecule has 0 amide bonds. The van der Waals surface area contributed by atoms with Crippen LogP contribution in [0.3, 0.4) is 0 Å². The first-order valence-electron chi connectivity index (χ1n) is 6.12. The lowest BCUT2D eigenvalue weighted by atomic mass is 10.1. The molecule has 4 nitrogen and oxygen atoms in total. The highest BCUT2D eigenvalue weighted by molar-refractivity contribution is 6.97. The lowest BCUT2D eigenvalue weighted by Gasteiger charge is -2.07. The quantitative estimate of drug-likeness (QED) is 0.882. The Morgan fingerprint density at radius 1 is 1.58 bits per heavy atom. The molecular weight excluding hydrogens is 280 g/mol. The molecule has 1 aromatic heterocycles. The van der Waals surface area contributed by atoms with Crippen LogP contribution in [0.4, 0.5) is 4.79 Å². The van der Waals surface area contributed by atoms with Gasteiger partial charge < -0.3 is 9.67 Å². The van der Waals surface area contributed by atoms with Crippen molar-refractivity contribution in [3.63, 3.8) is 0 Å². The van der Waals surface area contributed by atoms with Crippen molar-refractivity contribution in [1.29, 1.82) is 0 Å². The summed E-state index contributed by atoms with van der Waals surface area (Å²) in [5.74, 6) is 0. The number of benzene rings is 1. The number of halogens is 1. The van der Waals surface area contributed by atoms with Crippen LogP contribution in [0.15, 0.2) is 36.9 Å². The summed E-state index contributed by atoms with van der Waals surface area (Å²) < 4.78 is 1.97. The van der Waals surface area contributed by atoms with E-state index in [1.165, 1.54) is 0 Å². The summed E-state index contributed by atoms with van der Waals surface area (Å²) in [6.45, 7) is 0.727. The molecule has 19 heavy (non-hydrogen) atoms. The lowest BCUT2D eigenvalue weighted by molar-refractivity contribution is 0.219. The fourth-order valence-electron chi connectivity index (χ4n) is 2.37. The molecule has 1 aromatic carbocycles. The molecule has 0 aliphatic carbocycles. The zero-order chi connectivity index (χ0) is 13.4. The van der Waals surface area contributed by atoms with E-state index in [0.29, 0.717) is 5.02 Å². The third-order valence-electron chi connectivity index (χ3n) is 3.50. The molecule has 0 saturated carbocycles. The number of nitrogens with zero attached hydrogens (tertiary/aromatic N) is 2. The van der Waals surface area contributed by atoms with Gasteiger partial charge in [-0.25, -0.2) is 4.98 Å². The molecule has 6 heteroatoms. The Hall–Kier alpha value is -1.59. The number of imidazole rings is 1. The van der Waals surface area contributed by atoms with E-state index in [1.54, 1.807) is 12.5 Å². The van der Waals surface area contributed by atoms with Gasteiger partial charge in [-0.15, -0.1) is 0 Å². The molecule has 1 saturated heterocycles. The third-order valence-corrected chi connectivity index (χ3v) is 6.40. The smallest absolute Gasteiger partial charge is 0.266 e. The average molecular weight is 293 g/mol. The van der Waals surface area contributed by atoms with Crippen LogP contribution in [-0.2, 0) is 6.54 Å². The van der Waals surface area contributed by atoms with Crippen molar-refractivity contribution < 1.29 is 9.90 Å². The van der Waals surface area contributed by atoms with Crippen LogP contribution in [0.5, 0.6) is 0 Å². The predicted octanol–water partition coefficient (Wildman–Crippen LogP) is 2.71. The number of carboxylic acid groups (broad SMARTS) is 1. The lowest BCUT2D eigenvalue weighted by Crippen LogP contribution is -2.08. The second kappa shape index (κ2) is 4.83. The van der Waals surface area contributed by atoms with Crippen molar-refractivity contribution in [1.82, 2.24) is 9.55 Å². The van der Waals surface area contributed by atoms with E-state index < -0.39 is 14.4 Å².